The first-order valence-electron chi connectivity index (χ1n) is 7.50. The van der Waals surface area contributed by atoms with Crippen molar-refractivity contribution in [3.63, 3.8) is 0 Å². The Balaban J connectivity index is 2.11. The first kappa shape index (κ1) is 14.6. The van der Waals surface area contributed by atoms with Crippen molar-refractivity contribution < 1.29 is 4.79 Å². The van der Waals surface area contributed by atoms with Crippen molar-refractivity contribution in [2.45, 2.75) is 40.0 Å². The molecule has 108 valence electrons. The zero-order valence-corrected chi connectivity index (χ0v) is 12.7. The zero-order chi connectivity index (χ0) is 14.5. The van der Waals surface area contributed by atoms with E-state index in [1.54, 1.807) is 0 Å². The summed E-state index contributed by atoms with van der Waals surface area (Å²) in [6, 6.07) is 8.35. The lowest BCUT2D eigenvalue weighted by atomic mass is 10.1. The largest absolute Gasteiger partial charge is 0.359 e. The van der Waals surface area contributed by atoms with E-state index in [0.29, 0.717) is 6.42 Å². The molecular weight excluding hydrogens is 248 g/mol. The fourth-order valence-electron chi connectivity index (χ4n) is 2.62. The second kappa shape index (κ2) is 6.60. The highest BCUT2D eigenvalue weighted by atomic mass is 16.2. The summed E-state index contributed by atoms with van der Waals surface area (Å²) in [6.07, 6.45) is 2.53. The molecule has 0 saturated carbocycles. The molecule has 1 N–H and O–H groups in total. The molecule has 1 heterocycles. The van der Waals surface area contributed by atoms with Crippen molar-refractivity contribution in [2.24, 2.45) is 0 Å². The molecule has 0 radical (unpaired) electrons. The Morgan fingerprint density at radius 1 is 1.15 bits per heavy atom. The van der Waals surface area contributed by atoms with Gasteiger partial charge in [-0.3, -0.25) is 4.79 Å². The summed E-state index contributed by atoms with van der Waals surface area (Å²) >= 11 is 0. The normalized spacial score (nSPS) is 10.9. The maximum atomic E-state index is 12.4. The van der Waals surface area contributed by atoms with Crippen LogP contribution in [-0.4, -0.2) is 28.9 Å². The number of amides is 1. The molecule has 2 aromatic rings. The molecule has 0 aliphatic rings. The smallest absolute Gasteiger partial charge is 0.226 e. The summed E-state index contributed by atoms with van der Waals surface area (Å²) in [5, 5.41) is 1.19. The van der Waals surface area contributed by atoms with E-state index >= 15 is 0 Å². The molecule has 1 aromatic carbocycles. The molecule has 3 nitrogen and oxygen atoms in total. The Bertz CT molecular complexity index is 580. The Morgan fingerprint density at radius 2 is 1.85 bits per heavy atom. The van der Waals surface area contributed by atoms with Crippen LogP contribution in [-0.2, 0) is 11.2 Å². The van der Waals surface area contributed by atoms with Gasteiger partial charge in [0.25, 0.3) is 0 Å². The molecule has 0 unspecified atom stereocenters. The van der Waals surface area contributed by atoms with Gasteiger partial charge in [0, 0.05) is 24.3 Å². The van der Waals surface area contributed by atoms with E-state index in [-0.39, 0.29) is 5.91 Å². The number of aryl methyl sites for hydroxylation is 1. The van der Waals surface area contributed by atoms with Gasteiger partial charge in [0.05, 0.1) is 6.42 Å². The minimum atomic E-state index is 0.236. The molecule has 0 fully saturated rings. The van der Waals surface area contributed by atoms with Crippen molar-refractivity contribution in [3.8, 4) is 0 Å². The highest BCUT2D eigenvalue weighted by Gasteiger charge is 2.12. The number of carbonyl (C=O) groups is 1. The maximum Gasteiger partial charge on any atom is 0.226 e. The Labute approximate surface area is 121 Å². The first-order chi connectivity index (χ1) is 9.63. The van der Waals surface area contributed by atoms with Crippen LogP contribution in [0.1, 0.15) is 37.9 Å². The summed E-state index contributed by atoms with van der Waals surface area (Å²) < 4.78 is 0. The topological polar surface area (TPSA) is 36.1 Å². The number of aromatic nitrogens is 1. The summed E-state index contributed by atoms with van der Waals surface area (Å²) in [4.78, 5) is 17.6. The fourth-order valence-corrected chi connectivity index (χ4v) is 2.62. The summed E-state index contributed by atoms with van der Waals surface area (Å²) in [6.45, 7) is 8.00. The number of nitrogens with zero attached hydrogens (tertiary/aromatic N) is 1. The predicted molar refractivity (Wildman–Crippen MR) is 83.9 cm³/mol. The van der Waals surface area contributed by atoms with Crippen LogP contribution in [0.25, 0.3) is 10.9 Å². The third-order valence-electron chi connectivity index (χ3n) is 3.51. The van der Waals surface area contributed by atoms with Gasteiger partial charge >= 0.3 is 0 Å². The molecule has 0 atom stereocenters. The Kier molecular flexibility index (Phi) is 4.83. The third-order valence-corrected chi connectivity index (χ3v) is 3.51. The number of carbonyl (C=O) groups excluding carboxylic acids is 1. The standard InChI is InChI=1S/C17H24N2O/c1-4-8-19(9-5-2)17(20)12-14-6-7-16-15(11-14)10-13(3)18-16/h6-7,10-11,18H,4-5,8-9,12H2,1-3H3. The van der Waals surface area contributed by atoms with Gasteiger partial charge in [0.2, 0.25) is 5.91 Å². The van der Waals surface area contributed by atoms with Crippen LogP contribution in [0.4, 0.5) is 0 Å². The first-order valence-corrected chi connectivity index (χ1v) is 7.50. The number of benzene rings is 1. The van der Waals surface area contributed by atoms with Crippen molar-refractivity contribution >= 4 is 16.8 Å². The van der Waals surface area contributed by atoms with Crippen molar-refractivity contribution in [1.29, 1.82) is 0 Å². The highest BCUT2D eigenvalue weighted by molar-refractivity contribution is 5.84. The summed E-state index contributed by atoms with van der Waals surface area (Å²) in [7, 11) is 0. The van der Waals surface area contributed by atoms with E-state index in [9.17, 15) is 4.79 Å². The van der Waals surface area contributed by atoms with Crippen molar-refractivity contribution in [2.75, 3.05) is 13.1 Å². The average Bonchev–Trinajstić information content (AvgIpc) is 2.77. The van der Waals surface area contributed by atoms with Crippen LogP contribution in [0.3, 0.4) is 0 Å². The molecule has 0 aliphatic carbocycles. The molecule has 1 aromatic heterocycles. The molecule has 0 spiro atoms. The quantitative estimate of drug-likeness (QED) is 0.855. The number of H-pyrrole nitrogens is 1. The molecule has 1 amide bonds. The van der Waals surface area contributed by atoms with Crippen LogP contribution in [0.5, 0.6) is 0 Å². The van der Waals surface area contributed by atoms with Crippen LogP contribution >= 0.6 is 0 Å². The van der Waals surface area contributed by atoms with Crippen LogP contribution in [0.2, 0.25) is 0 Å². The fraction of sp³-hybridized carbons (Fsp3) is 0.471. The lowest BCUT2D eigenvalue weighted by Crippen LogP contribution is -2.33. The van der Waals surface area contributed by atoms with Gasteiger partial charge in [-0.15, -0.1) is 0 Å². The SMILES string of the molecule is CCCN(CCC)C(=O)Cc1ccc2[nH]c(C)cc2c1. The average molecular weight is 272 g/mol. The van der Waals surface area contributed by atoms with Gasteiger partial charge in [-0.2, -0.15) is 0 Å². The van der Waals surface area contributed by atoms with Crippen molar-refractivity contribution in [1.82, 2.24) is 9.88 Å². The number of rotatable bonds is 6. The molecule has 20 heavy (non-hydrogen) atoms. The predicted octanol–water partition coefficient (Wildman–Crippen LogP) is 3.67. The lowest BCUT2D eigenvalue weighted by molar-refractivity contribution is -0.130. The number of nitrogens with one attached hydrogen (secondary N) is 1. The van der Waals surface area contributed by atoms with E-state index in [1.165, 1.54) is 5.39 Å². The molecule has 3 heteroatoms. The van der Waals surface area contributed by atoms with Crippen LogP contribution in [0, 0.1) is 6.92 Å². The summed E-state index contributed by atoms with van der Waals surface area (Å²) in [5.74, 6) is 0.236. The molecule has 2 rings (SSSR count). The van der Waals surface area contributed by atoms with Gasteiger partial charge in [-0.1, -0.05) is 19.9 Å². The van der Waals surface area contributed by atoms with E-state index in [4.69, 9.17) is 0 Å². The summed E-state index contributed by atoms with van der Waals surface area (Å²) in [5.41, 5.74) is 3.39. The van der Waals surface area contributed by atoms with Crippen LogP contribution < -0.4 is 0 Å². The minimum absolute atomic E-state index is 0.236. The molecule has 0 saturated heterocycles. The van der Waals surface area contributed by atoms with Gasteiger partial charge in [0.15, 0.2) is 0 Å². The Hall–Kier alpha value is -1.77. The van der Waals surface area contributed by atoms with Gasteiger partial charge in [-0.25, -0.2) is 0 Å². The number of hydrogen-bond acceptors (Lipinski definition) is 1. The van der Waals surface area contributed by atoms with E-state index in [2.05, 4.69) is 44.0 Å². The highest BCUT2D eigenvalue weighted by Crippen LogP contribution is 2.17. The lowest BCUT2D eigenvalue weighted by Gasteiger charge is -2.21. The second-order valence-corrected chi connectivity index (χ2v) is 5.43. The molecule has 0 bridgehead atoms. The van der Waals surface area contributed by atoms with Gasteiger partial charge < -0.3 is 9.88 Å². The maximum absolute atomic E-state index is 12.4. The third kappa shape index (κ3) is 3.41. The van der Waals surface area contributed by atoms with E-state index in [1.807, 2.05) is 11.0 Å². The number of fused-ring (bicyclic) bond motifs is 1. The second-order valence-electron chi connectivity index (χ2n) is 5.43. The minimum Gasteiger partial charge on any atom is -0.359 e. The van der Waals surface area contributed by atoms with E-state index in [0.717, 1.165) is 42.7 Å². The Morgan fingerprint density at radius 3 is 2.50 bits per heavy atom. The van der Waals surface area contributed by atoms with E-state index < -0.39 is 0 Å². The van der Waals surface area contributed by atoms with Gasteiger partial charge in [-0.05, 0) is 48.9 Å². The monoisotopic (exact) mass is 272 g/mol. The molecular formula is C17H24N2O. The van der Waals surface area contributed by atoms with Crippen LogP contribution in [0.15, 0.2) is 24.3 Å². The number of aromatic amines is 1. The number of hydrogen-bond donors (Lipinski definition) is 1. The molecule has 0 aliphatic heterocycles. The van der Waals surface area contributed by atoms with Gasteiger partial charge in [0.1, 0.15) is 0 Å². The van der Waals surface area contributed by atoms with Crippen molar-refractivity contribution in [3.05, 3.63) is 35.5 Å². The zero-order valence-electron chi connectivity index (χ0n) is 12.7.